The lowest BCUT2D eigenvalue weighted by Gasteiger charge is -2.27. The summed E-state index contributed by atoms with van der Waals surface area (Å²) in [6.45, 7) is 11.1. The predicted molar refractivity (Wildman–Crippen MR) is 94.6 cm³/mol. The quantitative estimate of drug-likeness (QED) is 0.830. The summed E-state index contributed by atoms with van der Waals surface area (Å²) < 4.78 is 5.50. The van der Waals surface area contributed by atoms with Crippen LogP contribution in [-0.4, -0.2) is 29.2 Å². The summed E-state index contributed by atoms with van der Waals surface area (Å²) in [6.07, 6.45) is 2.37. The van der Waals surface area contributed by atoms with Crippen molar-refractivity contribution in [2.24, 2.45) is 5.92 Å². The van der Waals surface area contributed by atoms with E-state index in [1.54, 1.807) is 4.90 Å². The van der Waals surface area contributed by atoms with Crippen LogP contribution in [0.1, 0.15) is 53.0 Å². The van der Waals surface area contributed by atoms with Gasteiger partial charge in [0.05, 0.1) is 6.54 Å². The van der Waals surface area contributed by atoms with Crippen molar-refractivity contribution < 1.29 is 9.53 Å². The Hall–Kier alpha value is -1.71. The minimum absolute atomic E-state index is 0.259. The first-order valence-corrected chi connectivity index (χ1v) is 8.62. The normalized spacial score (nSPS) is 15.9. The highest BCUT2D eigenvalue weighted by molar-refractivity contribution is 5.68. The van der Waals surface area contributed by atoms with Crippen LogP contribution < -0.4 is 5.32 Å². The fourth-order valence-corrected chi connectivity index (χ4v) is 2.60. The van der Waals surface area contributed by atoms with Crippen molar-refractivity contribution in [2.75, 3.05) is 11.9 Å². The van der Waals surface area contributed by atoms with Crippen molar-refractivity contribution in [3.63, 3.8) is 0 Å². The summed E-state index contributed by atoms with van der Waals surface area (Å²) in [7, 11) is 0. The van der Waals surface area contributed by atoms with Gasteiger partial charge in [-0.25, -0.2) is 4.79 Å². The van der Waals surface area contributed by atoms with E-state index in [1.807, 2.05) is 39.8 Å². The van der Waals surface area contributed by atoms with Gasteiger partial charge >= 0.3 is 6.09 Å². The topological polar surface area (TPSA) is 41.6 Å². The van der Waals surface area contributed by atoms with Crippen LogP contribution in [0.4, 0.5) is 10.5 Å². The standard InChI is InChI=1S/C19H30N2O2/c1-6-21(18(22)23-19(3,4)5)13-16-9-7-8-10-17(16)20-14(2)15-11-12-15/h7-10,14-15,20H,6,11-13H2,1-5H3. The number of para-hydroxylation sites is 1. The summed E-state index contributed by atoms with van der Waals surface area (Å²) in [4.78, 5) is 14.1. The molecule has 1 unspecified atom stereocenters. The van der Waals surface area contributed by atoms with E-state index in [4.69, 9.17) is 4.74 Å². The SMILES string of the molecule is CCN(Cc1ccccc1NC(C)C1CC1)C(=O)OC(C)(C)C. The van der Waals surface area contributed by atoms with Gasteiger partial charge in [0.1, 0.15) is 5.60 Å². The fraction of sp³-hybridized carbons (Fsp3) is 0.632. The first-order valence-electron chi connectivity index (χ1n) is 8.62. The predicted octanol–water partition coefficient (Wildman–Crippen LogP) is 4.65. The molecule has 0 saturated heterocycles. The van der Waals surface area contributed by atoms with E-state index in [9.17, 15) is 4.79 Å². The number of hydrogen-bond donors (Lipinski definition) is 1. The van der Waals surface area contributed by atoms with Crippen LogP contribution in [0.2, 0.25) is 0 Å². The molecule has 1 aromatic carbocycles. The number of amides is 1. The van der Waals surface area contributed by atoms with Gasteiger partial charge < -0.3 is 15.0 Å². The molecule has 0 aromatic heterocycles. The highest BCUT2D eigenvalue weighted by Gasteiger charge is 2.28. The first kappa shape index (κ1) is 17.6. The molecule has 1 aliphatic carbocycles. The van der Waals surface area contributed by atoms with E-state index >= 15 is 0 Å². The molecule has 1 atom stereocenters. The van der Waals surface area contributed by atoms with E-state index in [0.717, 1.165) is 17.2 Å². The number of hydrogen-bond acceptors (Lipinski definition) is 3. The van der Waals surface area contributed by atoms with E-state index in [2.05, 4.69) is 24.4 Å². The van der Waals surface area contributed by atoms with Crippen molar-refractivity contribution in [2.45, 2.75) is 65.6 Å². The number of benzene rings is 1. The molecule has 4 nitrogen and oxygen atoms in total. The Bertz CT molecular complexity index is 532. The zero-order valence-corrected chi connectivity index (χ0v) is 15.1. The average Bonchev–Trinajstić information content (AvgIpc) is 3.28. The number of rotatable bonds is 6. The molecular formula is C19H30N2O2. The molecule has 2 rings (SSSR count). The van der Waals surface area contributed by atoms with Gasteiger partial charge in [0.25, 0.3) is 0 Å². The molecule has 1 N–H and O–H groups in total. The Morgan fingerprint density at radius 1 is 1.35 bits per heavy atom. The van der Waals surface area contributed by atoms with Crippen LogP contribution in [0.25, 0.3) is 0 Å². The number of nitrogens with zero attached hydrogens (tertiary/aromatic N) is 1. The number of anilines is 1. The second-order valence-corrected chi connectivity index (χ2v) is 7.42. The van der Waals surface area contributed by atoms with Gasteiger partial charge in [0.15, 0.2) is 0 Å². The third-order valence-electron chi connectivity index (χ3n) is 4.12. The lowest BCUT2D eigenvalue weighted by molar-refractivity contribution is 0.0245. The van der Waals surface area contributed by atoms with Crippen LogP contribution in [0, 0.1) is 5.92 Å². The van der Waals surface area contributed by atoms with Crippen molar-refractivity contribution in [3.8, 4) is 0 Å². The van der Waals surface area contributed by atoms with Crippen LogP contribution in [0.3, 0.4) is 0 Å². The highest BCUT2D eigenvalue weighted by Crippen LogP contribution is 2.34. The van der Waals surface area contributed by atoms with Crippen molar-refractivity contribution in [1.29, 1.82) is 0 Å². The van der Waals surface area contributed by atoms with E-state index < -0.39 is 5.60 Å². The minimum Gasteiger partial charge on any atom is -0.444 e. The molecular weight excluding hydrogens is 288 g/mol. The second-order valence-electron chi connectivity index (χ2n) is 7.42. The van der Waals surface area contributed by atoms with Gasteiger partial charge in [0, 0.05) is 18.3 Å². The van der Waals surface area contributed by atoms with Crippen molar-refractivity contribution >= 4 is 11.8 Å². The Balaban J connectivity index is 2.06. The molecule has 1 aliphatic rings. The van der Waals surface area contributed by atoms with Crippen LogP contribution >= 0.6 is 0 Å². The molecule has 23 heavy (non-hydrogen) atoms. The van der Waals surface area contributed by atoms with Gasteiger partial charge in [-0.15, -0.1) is 0 Å². The Kier molecular flexibility index (Phi) is 5.55. The van der Waals surface area contributed by atoms with Gasteiger partial charge in [-0.1, -0.05) is 18.2 Å². The summed E-state index contributed by atoms with van der Waals surface area (Å²) in [5.74, 6) is 0.788. The van der Waals surface area contributed by atoms with E-state index in [-0.39, 0.29) is 6.09 Å². The van der Waals surface area contributed by atoms with Crippen molar-refractivity contribution in [3.05, 3.63) is 29.8 Å². The number of carbonyl (C=O) groups excluding carboxylic acids is 1. The molecule has 4 heteroatoms. The largest absolute Gasteiger partial charge is 0.444 e. The first-order chi connectivity index (χ1) is 10.8. The molecule has 0 spiro atoms. The Morgan fingerprint density at radius 2 is 2.00 bits per heavy atom. The third kappa shape index (κ3) is 5.45. The van der Waals surface area contributed by atoms with E-state index in [0.29, 0.717) is 19.1 Å². The lowest BCUT2D eigenvalue weighted by atomic mass is 10.1. The van der Waals surface area contributed by atoms with Gasteiger partial charge in [-0.2, -0.15) is 0 Å². The Morgan fingerprint density at radius 3 is 2.57 bits per heavy atom. The smallest absolute Gasteiger partial charge is 0.410 e. The summed E-state index contributed by atoms with van der Waals surface area (Å²) >= 11 is 0. The summed E-state index contributed by atoms with van der Waals surface area (Å²) in [5.41, 5.74) is 1.78. The molecule has 0 aliphatic heterocycles. The second kappa shape index (κ2) is 7.24. The fourth-order valence-electron chi connectivity index (χ4n) is 2.60. The lowest BCUT2D eigenvalue weighted by Crippen LogP contribution is -2.36. The molecule has 1 fully saturated rings. The van der Waals surface area contributed by atoms with Crippen LogP contribution in [0.15, 0.2) is 24.3 Å². The van der Waals surface area contributed by atoms with Gasteiger partial charge in [-0.3, -0.25) is 0 Å². The van der Waals surface area contributed by atoms with Crippen LogP contribution in [-0.2, 0) is 11.3 Å². The Labute approximate surface area is 140 Å². The summed E-state index contributed by atoms with van der Waals surface area (Å²) in [6, 6.07) is 8.71. The maximum Gasteiger partial charge on any atom is 0.410 e. The summed E-state index contributed by atoms with van der Waals surface area (Å²) in [5, 5.41) is 3.61. The molecule has 0 bridgehead atoms. The monoisotopic (exact) mass is 318 g/mol. The molecule has 0 radical (unpaired) electrons. The van der Waals surface area contributed by atoms with Crippen molar-refractivity contribution in [1.82, 2.24) is 4.90 Å². The van der Waals surface area contributed by atoms with Gasteiger partial charge in [-0.05, 0) is 65.0 Å². The molecule has 1 saturated carbocycles. The highest BCUT2D eigenvalue weighted by atomic mass is 16.6. The minimum atomic E-state index is -0.469. The number of ether oxygens (including phenoxy) is 1. The van der Waals surface area contributed by atoms with Crippen LogP contribution in [0.5, 0.6) is 0 Å². The third-order valence-corrected chi connectivity index (χ3v) is 4.12. The maximum absolute atomic E-state index is 12.3. The maximum atomic E-state index is 12.3. The molecule has 1 aromatic rings. The number of carbonyl (C=O) groups is 1. The zero-order chi connectivity index (χ0) is 17.0. The molecule has 1 amide bonds. The van der Waals surface area contributed by atoms with Gasteiger partial charge in [0.2, 0.25) is 0 Å². The van der Waals surface area contributed by atoms with E-state index in [1.165, 1.54) is 12.8 Å². The number of nitrogens with one attached hydrogen (secondary N) is 1. The average molecular weight is 318 g/mol. The molecule has 0 heterocycles. The zero-order valence-electron chi connectivity index (χ0n) is 15.1. The molecule has 128 valence electrons.